The molecular formula is C15H17N3OS. The summed E-state index contributed by atoms with van der Waals surface area (Å²) in [7, 11) is 0. The molecule has 0 aliphatic rings. The first kappa shape index (κ1) is 14.3. The third-order valence-electron chi connectivity index (χ3n) is 2.69. The van der Waals surface area contributed by atoms with Crippen molar-refractivity contribution in [3.05, 3.63) is 42.3 Å². The molecule has 2 N–H and O–H groups in total. The fourth-order valence-corrected chi connectivity index (χ4v) is 2.35. The van der Waals surface area contributed by atoms with Crippen LogP contribution < -0.4 is 10.6 Å². The van der Waals surface area contributed by atoms with E-state index in [0.29, 0.717) is 13.0 Å². The fraction of sp³-hybridized carbons (Fsp3) is 0.200. The van der Waals surface area contributed by atoms with Crippen LogP contribution >= 0.6 is 11.3 Å². The van der Waals surface area contributed by atoms with Gasteiger partial charge >= 0.3 is 0 Å². The molecule has 0 fully saturated rings. The van der Waals surface area contributed by atoms with Gasteiger partial charge in [0.2, 0.25) is 5.91 Å². The van der Waals surface area contributed by atoms with Crippen molar-refractivity contribution in [3.8, 4) is 11.3 Å². The smallest absolute Gasteiger partial charge is 0.224 e. The molecule has 2 rings (SSSR count). The van der Waals surface area contributed by atoms with E-state index in [1.54, 1.807) is 17.4 Å². The van der Waals surface area contributed by atoms with Gasteiger partial charge in [-0.3, -0.25) is 4.79 Å². The zero-order valence-corrected chi connectivity index (χ0v) is 12.2. The summed E-state index contributed by atoms with van der Waals surface area (Å²) >= 11 is 1.56. The molecular weight excluding hydrogens is 270 g/mol. The zero-order valence-electron chi connectivity index (χ0n) is 11.3. The van der Waals surface area contributed by atoms with Crippen LogP contribution in [0.4, 0.5) is 10.8 Å². The molecule has 0 saturated heterocycles. The lowest BCUT2D eigenvalue weighted by molar-refractivity contribution is -0.115. The second kappa shape index (κ2) is 6.86. The van der Waals surface area contributed by atoms with E-state index in [4.69, 9.17) is 0 Å². The van der Waals surface area contributed by atoms with Crippen LogP contribution in [0, 0.1) is 0 Å². The third kappa shape index (κ3) is 3.68. The molecule has 0 aliphatic heterocycles. The molecule has 104 valence electrons. The molecule has 4 nitrogen and oxygen atoms in total. The lowest BCUT2D eigenvalue weighted by atomic mass is 10.1. The minimum Gasteiger partial charge on any atom is -0.358 e. The maximum atomic E-state index is 11.3. The van der Waals surface area contributed by atoms with Gasteiger partial charge in [-0.1, -0.05) is 25.1 Å². The maximum Gasteiger partial charge on any atom is 0.224 e. The number of aromatic nitrogens is 1. The summed E-state index contributed by atoms with van der Waals surface area (Å²) in [6, 6.07) is 7.69. The number of benzene rings is 1. The van der Waals surface area contributed by atoms with Crippen molar-refractivity contribution in [2.24, 2.45) is 0 Å². The molecule has 0 saturated carbocycles. The number of anilines is 2. The quantitative estimate of drug-likeness (QED) is 0.795. The number of amides is 1. The van der Waals surface area contributed by atoms with Crippen LogP contribution in [0.3, 0.4) is 0 Å². The Kier molecular flexibility index (Phi) is 4.90. The van der Waals surface area contributed by atoms with Crippen molar-refractivity contribution < 1.29 is 4.79 Å². The molecule has 0 bridgehead atoms. The fourth-order valence-electron chi connectivity index (χ4n) is 1.62. The Bertz CT molecular complexity index is 589. The highest BCUT2D eigenvalue weighted by molar-refractivity contribution is 7.14. The second-order valence-electron chi connectivity index (χ2n) is 4.19. The molecule has 0 aliphatic carbocycles. The van der Waals surface area contributed by atoms with E-state index in [0.717, 1.165) is 22.1 Å². The average Bonchev–Trinajstić information content (AvgIpc) is 2.94. The highest BCUT2D eigenvalue weighted by Crippen LogP contribution is 2.25. The first-order valence-electron chi connectivity index (χ1n) is 6.43. The zero-order chi connectivity index (χ0) is 14.4. The largest absolute Gasteiger partial charge is 0.358 e. The van der Waals surface area contributed by atoms with Crippen LogP contribution in [0.1, 0.15) is 13.3 Å². The van der Waals surface area contributed by atoms with Gasteiger partial charge in [0.05, 0.1) is 5.69 Å². The molecule has 0 spiro atoms. The van der Waals surface area contributed by atoms with Gasteiger partial charge in [0.15, 0.2) is 5.13 Å². The summed E-state index contributed by atoms with van der Waals surface area (Å²) in [4.78, 5) is 15.8. The Hall–Kier alpha value is -2.14. The van der Waals surface area contributed by atoms with Crippen LogP contribution in [-0.2, 0) is 4.79 Å². The van der Waals surface area contributed by atoms with Crippen molar-refractivity contribution in [1.82, 2.24) is 4.98 Å². The molecule has 1 aromatic heterocycles. The predicted molar refractivity (Wildman–Crippen MR) is 85.2 cm³/mol. The summed E-state index contributed by atoms with van der Waals surface area (Å²) < 4.78 is 0. The topological polar surface area (TPSA) is 54.0 Å². The Balaban J connectivity index is 2.07. The normalized spacial score (nSPS) is 10.1. The minimum absolute atomic E-state index is 0.0160. The van der Waals surface area contributed by atoms with E-state index in [2.05, 4.69) is 22.2 Å². The van der Waals surface area contributed by atoms with E-state index in [1.165, 1.54) is 0 Å². The third-order valence-corrected chi connectivity index (χ3v) is 3.49. The molecule has 0 atom stereocenters. The Morgan fingerprint density at radius 2 is 2.15 bits per heavy atom. The van der Waals surface area contributed by atoms with Gasteiger partial charge in [-0.05, 0) is 12.1 Å². The Morgan fingerprint density at radius 1 is 1.40 bits per heavy atom. The number of carbonyl (C=O) groups excluding carboxylic acids is 1. The van der Waals surface area contributed by atoms with Crippen molar-refractivity contribution in [1.29, 1.82) is 0 Å². The van der Waals surface area contributed by atoms with Gasteiger partial charge in [-0.25, -0.2) is 4.98 Å². The summed E-state index contributed by atoms with van der Waals surface area (Å²) in [6.45, 7) is 6.19. The minimum atomic E-state index is 0.0160. The van der Waals surface area contributed by atoms with Crippen LogP contribution in [-0.4, -0.2) is 17.4 Å². The monoisotopic (exact) mass is 287 g/mol. The summed E-state index contributed by atoms with van der Waals surface area (Å²) in [5, 5.41) is 8.87. The van der Waals surface area contributed by atoms with Gasteiger partial charge in [0.25, 0.3) is 0 Å². The van der Waals surface area contributed by atoms with Crippen LogP contribution in [0.2, 0.25) is 0 Å². The summed E-state index contributed by atoms with van der Waals surface area (Å²) in [6.07, 6.45) is 2.28. The summed E-state index contributed by atoms with van der Waals surface area (Å²) in [5.41, 5.74) is 2.76. The molecule has 1 aromatic carbocycles. The number of carbonyl (C=O) groups is 1. The van der Waals surface area contributed by atoms with Crippen LogP contribution in [0.5, 0.6) is 0 Å². The number of hydrogen-bond donors (Lipinski definition) is 2. The number of rotatable bonds is 6. The van der Waals surface area contributed by atoms with Crippen molar-refractivity contribution >= 4 is 28.1 Å². The Labute approximate surface area is 122 Å². The first-order chi connectivity index (χ1) is 9.72. The van der Waals surface area contributed by atoms with Gasteiger partial charge < -0.3 is 10.6 Å². The molecule has 5 heteroatoms. The van der Waals surface area contributed by atoms with Crippen LogP contribution in [0.25, 0.3) is 11.3 Å². The highest BCUT2D eigenvalue weighted by atomic mass is 32.1. The van der Waals surface area contributed by atoms with Crippen LogP contribution in [0.15, 0.2) is 42.3 Å². The molecule has 20 heavy (non-hydrogen) atoms. The lowest BCUT2D eigenvalue weighted by Crippen LogP contribution is -2.08. The number of hydrogen-bond acceptors (Lipinski definition) is 4. The van der Waals surface area contributed by atoms with E-state index < -0.39 is 0 Å². The van der Waals surface area contributed by atoms with Gasteiger partial charge in [-0.2, -0.15) is 0 Å². The van der Waals surface area contributed by atoms with Gasteiger partial charge in [0, 0.05) is 29.6 Å². The maximum absolute atomic E-state index is 11.3. The Morgan fingerprint density at radius 3 is 2.80 bits per heavy atom. The van der Waals surface area contributed by atoms with Crippen molar-refractivity contribution in [2.75, 3.05) is 17.2 Å². The molecule has 1 amide bonds. The van der Waals surface area contributed by atoms with E-state index in [9.17, 15) is 4.79 Å². The van der Waals surface area contributed by atoms with Gasteiger partial charge in [0.1, 0.15) is 0 Å². The number of nitrogens with zero attached hydrogens (tertiary/aromatic N) is 1. The molecule has 0 radical (unpaired) electrons. The molecule has 0 unspecified atom stereocenters. The molecule has 1 heterocycles. The van der Waals surface area contributed by atoms with E-state index in [1.807, 2.05) is 36.6 Å². The standard InChI is InChI=1S/C15H17N3OS/c1-3-9-16-15-18-13(10-20-15)11-5-7-12(8-6-11)17-14(19)4-2/h3,5-8,10H,1,4,9H2,2H3,(H,16,18)(H,17,19). The first-order valence-corrected chi connectivity index (χ1v) is 7.31. The van der Waals surface area contributed by atoms with E-state index >= 15 is 0 Å². The highest BCUT2D eigenvalue weighted by Gasteiger charge is 2.04. The van der Waals surface area contributed by atoms with Gasteiger partial charge in [-0.15, -0.1) is 17.9 Å². The second-order valence-corrected chi connectivity index (χ2v) is 5.04. The van der Waals surface area contributed by atoms with E-state index in [-0.39, 0.29) is 5.91 Å². The van der Waals surface area contributed by atoms with Crippen molar-refractivity contribution in [2.45, 2.75) is 13.3 Å². The number of nitrogens with one attached hydrogen (secondary N) is 2. The van der Waals surface area contributed by atoms with Crippen molar-refractivity contribution in [3.63, 3.8) is 0 Å². The lowest BCUT2D eigenvalue weighted by Gasteiger charge is -2.04. The number of thiazole rings is 1. The molecule has 2 aromatic rings. The SMILES string of the molecule is C=CCNc1nc(-c2ccc(NC(=O)CC)cc2)cs1. The predicted octanol–water partition coefficient (Wildman–Crippen LogP) is 3.76. The average molecular weight is 287 g/mol. The summed E-state index contributed by atoms with van der Waals surface area (Å²) in [5.74, 6) is 0.0160.